The van der Waals surface area contributed by atoms with Crippen LogP contribution in [0, 0.1) is 0 Å². The summed E-state index contributed by atoms with van der Waals surface area (Å²) < 4.78 is 27.0. The van der Waals surface area contributed by atoms with Gasteiger partial charge in [0.2, 0.25) is 10.0 Å². The van der Waals surface area contributed by atoms with Gasteiger partial charge in [0.1, 0.15) is 5.75 Å². The predicted octanol–water partition coefficient (Wildman–Crippen LogP) is 2.11. The molecule has 1 fully saturated rings. The van der Waals surface area contributed by atoms with Crippen molar-refractivity contribution in [3.05, 3.63) is 54.1 Å². The van der Waals surface area contributed by atoms with Crippen LogP contribution < -0.4 is 4.90 Å². The van der Waals surface area contributed by atoms with Gasteiger partial charge in [0.25, 0.3) is 0 Å². The number of nitrogens with zero attached hydrogens (tertiary/aromatic N) is 2. The number of carbonyl (C=O) groups excluding carboxylic acids is 1. The summed E-state index contributed by atoms with van der Waals surface area (Å²) in [5.41, 5.74) is 1.46. The van der Waals surface area contributed by atoms with Gasteiger partial charge in [0.15, 0.2) is 5.78 Å². The second kappa shape index (κ2) is 6.85. The quantitative estimate of drug-likeness (QED) is 0.845. The van der Waals surface area contributed by atoms with Crippen molar-refractivity contribution >= 4 is 21.5 Å². The molecule has 0 saturated carbocycles. The Balaban J connectivity index is 1.70. The Hall–Kier alpha value is -2.38. The molecule has 1 aliphatic heterocycles. The number of sulfonamides is 1. The van der Waals surface area contributed by atoms with Crippen LogP contribution >= 0.6 is 0 Å². The van der Waals surface area contributed by atoms with Crippen molar-refractivity contribution in [2.24, 2.45) is 0 Å². The van der Waals surface area contributed by atoms with Gasteiger partial charge >= 0.3 is 0 Å². The van der Waals surface area contributed by atoms with Crippen molar-refractivity contribution in [2.75, 3.05) is 31.1 Å². The van der Waals surface area contributed by atoms with Crippen LogP contribution in [-0.4, -0.2) is 49.8 Å². The van der Waals surface area contributed by atoms with Gasteiger partial charge in [-0.2, -0.15) is 4.31 Å². The number of ketones is 1. The predicted molar refractivity (Wildman–Crippen MR) is 95.5 cm³/mol. The molecule has 0 atom stereocenters. The SMILES string of the molecule is CC(=O)c1ccc(S(=O)(=O)N2CCN(c3ccc(O)cc3)CC2)cc1. The van der Waals surface area contributed by atoms with Crippen molar-refractivity contribution in [1.29, 1.82) is 0 Å². The molecule has 2 aromatic carbocycles. The van der Waals surface area contributed by atoms with E-state index in [1.54, 1.807) is 24.3 Å². The minimum Gasteiger partial charge on any atom is -0.508 e. The van der Waals surface area contributed by atoms with Crippen LogP contribution in [0.25, 0.3) is 0 Å². The first-order chi connectivity index (χ1) is 11.9. The molecule has 2 aromatic rings. The van der Waals surface area contributed by atoms with E-state index in [1.165, 1.54) is 23.4 Å². The molecule has 1 N–H and O–H groups in total. The summed E-state index contributed by atoms with van der Waals surface area (Å²) in [5, 5.41) is 9.36. The lowest BCUT2D eigenvalue weighted by Crippen LogP contribution is -2.48. The van der Waals surface area contributed by atoms with E-state index in [0.717, 1.165) is 5.69 Å². The summed E-state index contributed by atoms with van der Waals surface area (Å²) in [6.45, 7) is 3.38. The number of anilines is 1. The van der Waals surface area contributed by atoms with Crippen molar-refractivity contribution in [2.45, 2.75) is 11.8 Å². The van der Waals surface area contributed by atoms with Crippen molar-refractivity contribution in [3.8, 4) is 5.75 Å². The number of carbonyl (C=O) groups is 1. The molecule has 25 heavy (non-hydrogen) atoms. The molecule has 0 amide bonds. The molecule has 3 rings (SSSR count). The van der Waals surface area contributed by atoms with E-state index in [2.05, 4.69) is 4.90 Å². The van der Waals surface area contributed by atoms with Crippen LogP contribution in [0.15, 0.2) is 53.4 Å². The lowest BCUT2D eigenvalue weighted by atomic mass is 10.2. The Morgan fingerprint density at radius 1 is 0.920 bits per heavy atom. The standard InChI is InChI=1S/C18H20N2O4S/c1-14(21)15-2-8-18(9-3-15)25(23,24)20-12-10-19(11-13-20)16-4-6-17(22)7-5-16/h2-9,22H,10-13H2,1H3. The van der Waals surface area contributed by atoms with Crippen molar-refractivity contribution in [3.63, 3.8) is 0 Å². The normalized spacial score (nSPS) is 16.0. The molecule has 1 heterocycles. The fraction of sp³-hybridized carbons (Fsp3) is 0.278. The molecule has 0 radical (unpaired) electrons. The average Bonchev–Trinajstić information content (AvgIpc) is 2.62. The van der Waals surface area contributed by atoms with E-state index in [1.807, 2.05) is 12.1 Å². The lowest BCUT2D eigenvalue weighted by molar-refractivity contribution is 0.101. The zero-order valence-corrected chi connectivity index (χ0v) is 14.7. The second-order valence-corrected chi connectivity index (χ2v) is 7.93. The summed E-state index contributed by atoms with van der Waals surface area (Å²) in [6.07, 6.45) is 0. The number of phenols is 1. The van der Waals surface area contributed by atoms with Crippen LogP contribution in [0.5, 0.6) is 5.75 Å². The number of piperazine rings is 1. The first-order valence-corrected chi connectivity index (χ1v) is 9.47. The molecule has 0 aromatic heterocycles. The number of phenolic OH excluding ortho intramolecular Hbond substituents is 1. The van der Waals surface area contributed by atoms with E-state index in [9.17, 15) is 18.3 Å². The molecule has 1 saturated heterocycles. The minimum absolute atomic E-state index is 0.0912. The Bertz CT molecular complexity index is 853. The molecular weight excluding hydrogens is 340 g/mol. The molecule has 6 nitrogen and oxygen atoms in total. The van der Waals surface area contributed by atoms with E-state index in [0.29, 0.717) is 31.7 Å². The highest BCUT2D eigenvalue weighted by Crippen LogP contribution is 2.23. The first kappa shape index (κ1) is 17.4. The van der Waals surface area contributed by atoms with E-state index < -0.39 is 10.0 Å². The Labute approximate surface area is 147 Å². The van der Waals surface area contributed by atoms with Gasteiger partial charge in [0.05, 0.1) is 4.90 Å². The van der Waals surface area contributed by atoms with Crippen LogP contribution in [0.2, 0.25) is 0 Å². The largest absolute Gasteiger partial charge is 0.508 e. The van der Waals surface area contributed by atoms with E-state index in [-0.39, 0.29) is 16.4 Å². The lowest BCUT2D eigenvalue weighted by Gasteiger charge is -2.35. The maximum absolute atomic E-state index is 12.7. The van der Waals surface area contributed by atoms with Gasteiger partial charge in [-0.1, -0.05) is 12.1 Å². The van der Waals surface area contributed by atoms with Gasteiger partial charge in [0, 0.05) is 37.4 Å². The highest BCUT2D eigenvalue weighted by atomic mass is 32.2. The molecule has 0 aliphatic carbocycles. The molecule has 0 unspecified atom stereocenters. The number of benzene rings is 2. The topological polar surface area (TPSA) is 77.9 Å². The number of aromatic hydroxyl groups is 1. The Morgan fingerprint density at radius 3 is 2.00 bits per heavy atom. The summed E-state index contributed by atoms with van der Waals surface area (Å²) in [5.74, 6) is 0.116. The van der Waals surface area contributed by atoms with Gasteiger partial charge in [-0.05, 0) is 43.3 Å². The number of rotatable bonds is 4. The van der Waals surface area contributed by atoms with Crippen LogP contribution in [0.1, 0.15) is 17.3 Å². The summed E-state index contributed by atoms with van der Waals surface area (Å²) in [7, 11) is -3.56. The zero-order valence-electron chi connectivity index (χ0n) is 13.9. The summed E-state index contributed by atoms with van der Waals surface area (Å²) in [4.78, 5) is 13.6. The van der Waals surface area contributed by atoms with Crippen molar-refractivity contribution in [1.82, 2.24) is 4.31 Å². The third-order valence-electron chi connectivity index (χ3n) is 4.35. The molecular formula is C18H20N2O4S. The number of hydrogen-bond donors (Lipinski definition) is 1. The zero-order chi connectivity index (χ0) is 18.0. The van der Waals surface area contributed by atoms with Gasteiger partial charge < -0.3 is 10.0 Å². The molecule has 0 spiro atoms. The summed E-state index contributed by atoms with van der Waals surface area (Å²) in [6, 6.07) is 12.9. The van der Waals surface area contributed by atoms with Gasteiger partial charge in [-0.25, -0.2) is 8.42 Å². The third-order valence-corrected chi connectivity index (χ3v) is 6.26. The fourth-order valence-corrected chi connectivity index (χ4v) is 4.28. The van der Waals surface area contributed by atoms with E-state index in [4.69, 9.17) is 0 Å². The van der Waals surface area contributed by atoms with Crippen LogP contribution in [0.3, 0.4) is 0 Å². The maximum Gasteiger partial charge on any atom is 0.243 e. The van der Waals surface area contributed by atoms with Crippen molar-refractivity contribution < 1.29 is 18.3 Å². The first-order valence-electron chi connectivity index (χ1n) is 8.03. The summed E-state index contributed by atoms with van der Waals surface area (Å²) >= 11 is 0. The minimum atomic E-state index is -3.56. The fourth-order valence-electron chi connectivity index (χ4n) is 2.86. The number of Topliss-reactive ketones (excluding diaryl/α,β-unsaturated/α-hetero) is 1. The van der Waals surface area contributed by atoms with Gasteiger partial charge in [-0.15, -0.1) is 0 Å². The molecule has 132 valence electrons. The molecule has 0 bridgehead atoms. The van der Waals surface area contributed by atoms with Crippen LogP contribution in [-0.2, 0) is 10.0 Å². The second-order valence-electron chi connectivity index (χ2n) is 5.99. The smallest absolute Gasteiger partial charge is 0.243 e. The monoisotopic (exact) mass is 360 g/mol. The maximum atomic E-state index is 12.7. The van der Waals surface area contributed by atoms with Gasteiger partial charge in [-0.3, -0.25) is 4.79 Å². The number of hydrogen-bond acceptors (Lipinski definition) is 5. The Morgan fingerprint density at radius 2 is 1.48 bits per heavy atom. The highest BCUT2D eigenvalue weighted by molar-refractivity contribution is 7.89. The highest BCUT2D eigenvalue weighted by Gasteiger charge is 2.28. The average molecular weight is 360 g/mol. The molecule has 7 heteroatoms. The Kier molecular flexibility index (Phi) is 4.78. The van der Waals surface area contributed by atoms with E-state index >= 15 is 0 Å². The third kappa shape index (κ3) is 3.67. The molecule has 1 aliphatic rings. The van der Waals surface area contributed by atoms with Crippen LogP contribution in [0.4, 0.5) is 5.69 Å².